The highest BCUT2D eigenvalue weighted by atomic mass is 16.1. The van der Waals surface area contributed by atoms with E-state index >= 15 is 0 Å². The van der Waals surface area contributed by atoms with Crippen LogP contribution in [-0.2, 0) is 6.42 Å². The van der Waals surface area contributed by atoms with E-state index in [0.29, 0.717) is 0 Å². The third kappa shape index (κ3) is 1.91. The second kappa shape index (κ2) is 3.85. The van der Waals surface area contributed by atoms with Gasteiger partial charge in [-0.3, -0.25) is 4.79 Å². The summed E-state index contributed by atoms with van der Waals surface area (Å²) in [6.07, 6.45) is 1.05. The van der Waals surface area contributed by atoms with Crippen molar-refractivity contribution >= 4 is 16.6 Å². The van der Waals surface area contributed by atoms with Gasteiger partial charge in [0.05, 0.1) is 0 Å². The average Bonchev–Trinajstić information content (AvgIpc) is 2.27. The van der Waals surface area contributed by atoms with E-state index in [1.54, 1.807) is 6.92 Å². The molecule has 0 unspecified atom stereocenters. The van der Waals surface area contributed by atoms with Gasteiger partial charge in [-0.25, -0.2) is 0 Å². The van der Waals surface area contributed by atoms with E-state index in [1.165, 1.54) is 10.9 Å². The highest BCUT2D eigenvalue weighted by molar-refractivity contribution is 5.98. The zero-order chi connectivity index (χ0) is 10.8. The van der Waals surface area contributed by atoms with Crippen LogP contribution in [-0.4, -0.2) is 5.78 Å². The van der Waals surface area contributed by atoms with Gasteiger partial charge in [-0.1, -0.05) is 37.3 Å². The number of carbonyl (C=O) groups is 1. The van der Waals surface area contributed by atoms with Crippen molar-refractivity contribution in [2.45, 2.75) is 20.3 Å². The molecular weight excluding hydrogens is 184 g/mol. The van der Waals surface area contributed by atoms with Gasteiger partial charge in [-0.05, 0) is 35.7 Å². The summed E-state index contributed by atoms with van der Waals surface area (Å²) in [5, 5.41) is 2.35. The van der Waals surface area contributed by atoms with E-state index in [-0.39, 0.29) is 5.78 Å². The van der Waals surface area contributed by atoms with Crippen LogP contribution in [0, 0.1) is 0 Å². The minimum atomic E-state index is 0.122. The molecule has 0 aliphatic carbocycles. The number of rotatable bonds is 2. The van der Waals surface area contributed by atoms with Crippen LogP contribution in [0.3, 0.4) is 0 Å². The van der Waals surface area contributed by atoms with Crippen LogP contribution in [0.5, 0.6) is 0 Å². The first-order valence-corrected chi connectivity index (χ1v) is 5.24. The molecule has 0 N–H and O–H groups in total. The predicted molar refractivity (Wildman–Crippen MR) is 63.3 cm³/mol. The zero-order valence-corrected chi connectivity index (χ0v) is 9.08. The average molecular weight is 198 g/mol. The van der Waals surface area contributed by atoms with Crippen molar-refractivity contribution in [3.05, 3.63) is 47.5 Å². The maximum Gasteiger partial charge on any atom is 0.159 e. The Bertz CT molecular complexity index is 512. The Hall–Kier alpha value is -1.63. The maximum atomic E-state index is 11.2. The fourth-order valence-electron chi connectivity index (χ4n) is 1.73. The number of hydrogen-bond acceptors (Lipinski definition) is 1. The topological polar surface area (TPSA) is 17.1 Å². The van der Waals surface area contributed by atoms with Gasteiger partial charge in [0.25, 0.3) is 0 Å². The minimum Gasteiger partial charge on any atom is -0.295 e. The summed E-state index contributed by atoms with van der Waals surface area (Å²) < 4.78 is 0. The summed E-state index contributed by atoms with van der Waals surface area (Å²) in [6, 6.07) is 12.2. The fraction of sp³-hybridized carbons (Fsp3) is 0.214. The first-order valence-electron chi connectivity index (χ1n) is 5.24. The highest BCUT2D eigenvalue weighted by Crippen LogP contribution is 2.18. The number of benzene rings is 2. The van der Waals surface area contributed by atoms with E-state index in [0.717, 1.165) is 17.4 Å². The smallest absolute Gasteiger partial charge is 0.159 e. The standard InChI is InChI=1S/C14H14O/c1-3-11-4-5-14-9-12(10(2)15)6-7-13(14)8-11/h4-9H,3H2,1-2H3. The molecule has 76 valence electrons. The predicted octanol–water partition coefficient (Wildman–Crippen LogP) is 3.60. The molecule has 2 aromatic rings. The first kappa shape index (κ1) is 9.91. The molecule has 0 atom stereocenters. The Morgan fingerprint density at radius 3 is 2.40 bits per heavy atom. The maximum absolute atomic E-state index is 11.2. The van der Waals surface area contributed by atoms with Crippen LogP contribution >= 0.6 is 0 Å². The van der Waals surface area contributed by atoms with Crippen molar-refractivity contribution in [1.29, 1.82) is 0 Å². The summed E-state index contributed by atoms with van der Waals surface area (Å²) in [6.45, 7) is 3.74. The van der Waals surface area contributed by atoms with Crippen molar-refractivity contribution in [2.75, 3.05) is 0 Å². The van der Waals surface area contributed by atoms with Crippen molar-refractivity contribution in [2.24, 2.45) is 0 Å². The number of ketones is 1. The van der Waals surface area contributed by atoms with Gasteiger partial charge in [-0.15, -0.1) is 0 Å². The van der Waals surface area contributed by atoms with Gasteiger partial charge in [0, 0.05) is 5.56 Å². The summed E-state index contributed by atoms with van der Waals surface area (Å²) >= 11 is 0. The molecule has 2 aromatic carbocycles. The lowest BCUT2D eigenvalue weighted by molar-refractivity contribution is 0.101. The van der Waals surface area contributed by atoms with E-state index in [2.05, 4.69) is 25.1 Å². The molecule has 0 amide bonds. The Kier molecular flexibility index (Phi) is 2.55. The molecule has 2 rings (SSSR count). The Morgan fingerprint density at radius 1 is 1.07 bits per heavy atom. The van der Waals surface area contributed by atoms with Crippen LogP contribution in [0.25, 0.3) is 10.8 Å². The molecule has 0 heterocycles. The normalized spacial score (nSPS) is 10.5. The van der Waals surface area contributed by atoms with Crippen molar-refractivity contribution in [3.8, 4) is 0 Å². The summed E-state index contributed by atoms with van der Waals surface area (Å²) in [5.74, 6) is 0.122. The minimum absolute atomic E-state index is 0.122. The molecule has 0 saturated heterocycles. The van der Waals surface area contributed by atoms with Gasteiger partial charge in [-0.2, -0.15) is 0 Å². The van der Waals surface area contributed by atoms with Gasteiger partial charge in [0.15, 0.2) is 5.78 Å². The van der Waals surface area contributed by atoms with Crippen molar-refractivity contribution < 1.29 is 4.79 Å². The Morgan fingerprint density at radius 2 is 1.73 bits per heavy atom. The highest BCUT2D eigenvalue weighted by Gasteiger charge is 2.01. The van der Waals surface area contributed by atoms with E-state index in [9.17, 15) is 4.79 Å². The molecule has 1 heteroatoms. The second-order valence-corrected chi connectivity index (χ2v) is 3.81. The van der Waals surface area contributed by atoms with Gasteiger partial charge in [0.2, 0.25) is 0 Å². The number of carbonyl (C=O) groups excluding carboxylic acids is 1. The van der Waals surface area contributed by atoms with Crippen LogP contribution in [0.15, 0.2) is 36.4 Å². The molecule has 0 bridgehead atoms. The molecule has 1 nitrogen and oxygen atoms in total. The van der Waals surface area contributed by atoms with Crippen LogP contribution in [0.4, 0.5) is 0 Å². The lowest BCUT2D eigenvalue weighted by atomic mass is 10.0. The molecule has 0 aliphatic heterocycles. The van der Waals surface area contributed by atoms with E-state index in [4.69, 9.17) is 0 Å². The largest absolute Gasteiger partial charge is 0.295 e. The number of hydrogen-bond donors (Lipinski definition) is 0. The van der Waals surface area contributed by atoms with E-state index < -0.39 is 0 Å². The molecule has 0 fully saturated rings. The first-order chi connectivity index (χ1) is 7.20. The molecule has 15 heavy (non-hydrogen) atoms. The van der Waals surface area contributed by atoms with Gasteiger partial charge < -0.3 is 0 Å². The van der Waals surface area contributed by atoms with Crippen molar-refractivity contribution in [1.82, 2.24) is 0 Å². The third-order valence-corrected chi connectivity index (χ3v) is 2.72. The molecule has 0 spiro atoms. The summed E-state index contributed by atoms with van der Waals surface area (Å²) in [7, 11) is 0. The number of Topliss-reactive ketones (excluding diaryl/α,β-unsaturated/α-hetero) is 1. The Balaban J connectivity index is 2.59. The van der Waals surface area contributed by atoms with Crippen LogP contribution < -0.4 is 0 Å². The van der Waals surface area contributed by atoms with Crippen LogP contribution in [0.1, 0.15) is 29.8 Å². The molecule has 0 aromatic heterocycles. The SMILES string of the molecule is CCc1ccc2cc(C(C)=O)ccc2c1. The molecule has 0 aliphatic rings. The monoisotopic (exact) mass is 198 g/mol. The number of aryl methyl sites for hydroxylation is 1. The third-order valence-electron chi connectivity index (χ3n) is 2.72. The number of fused-ring (bicyclic) bond motifs is 1. The molecule has 0 saturated carbocycles. The van der Waals surface area contributed by atoms with Crippen LogP contribution in [0.2, 0.25) is 0 Å². The lowest BCUT2D eigenvalue weighted by Gasteiger charge is -2.02. The Labute approximate surface area is 89.7 Å². The van der Waals surface area contributed by atoms with Gasteiger partial charge in [0.1, 0.15) is 0 Å². The quantitative estimate of drug-likeness (QED) is 0.674. The van der Waals surface area contributed by atoms with Gasteiger partial charge >= 0.3 is 0 Å². The fourth-order valence-corrected chi connectivity index (χ4v) is 1.73. The molecule has 0 radical (unpaired) electrons. The van der Waals surface area contributed by atoms with Crippen molar-refractivity contribution in [3.63, 3.8) is 0 Å². The summed E-state index contributed by atoms with van der Waals surface area (Å²) in [5.41, 5.74) is 2.12. The lowest BCUT2D eigenvalue weighted by Crippen LogP contribution is -1.91. The van der Waals surface area contributed by atoms with E-state index in [1.807, 2.05) is 18.2 Å². The molecular formula is C14H14O. The second-order valence-electron chi connectivity index (χ2n) is 3.81. The summed E-state index contributed by atoms with van der Waals surface area (Å²) in [4.78, 5) is 11.2. The zero-order valence-electron chi connectivity index (χ0n) is 9.08.